The van der Waals surface area contributed by atoms with E-state index >= 15 is 0 Å². The van der Waals surface area contributed by atoms with E-state index in [4.69, 9.17) is 12.2 Å². The van der Waals surface area contributed by atoms with Crippen molar-refractivity contribution in [3.63, 3.8) is 0 Å². The molecule has 0 saturated heterocycles. The van der Waals surface area contributed by atoms with Gasteiger partial charge in [0.05, 0.1) is 11.9 Å². The van der Waals surface area contributed by atoms with Gasteiger partial charge in [-0.15, -0.1) is 11.3 Å². The number of aromatic nitrogens is 2. The minimum Gasteiger partial charge on any atom is -0.323 e. The molecule has 0 amide bonds. The molecule has 3 nitrogen and oxygen atoms in total. The molecule has 0 fully saturated rings. The summed E-state index contributed by atoms with van der Waals surface area (Å²) >= 11 is 6.92. The highest BCUT2D eigenvalue weighted by Crippen LogP contribution is 2.25. The second kappa shape index (κ2) is 5.00. The third-order valence-corrected chi connectivity index (χ3v) is 4.94. The van der Waals surface area contributed by atoms with Crippen LogP contribution >= 0.6 is 23.6 Å². The lowest BCUT2D eigenvalue weighted by atomic mass is 10.2. The molecule has 2 aromatic heterocycles. The van der Waals surface area contributed by atoms with Crippen LogP contribution in [0.2, 0.25) is 0 Å². The SMILES string of the molecule is Cc1sc2[nH]c(=S)n(Cc3ccccc3)c(=O)c2c1C. The number of aryl methyl sites for hydroxylation is 2. The predicted molar refractivity (Wildman–Crippen MR) is 86.3 cm³/mol. The first-order valence-corrected chi connectivity index (χ1v) is 7.57. The van der Waals surface area contributed by atoms with Crippen LogP contribution in [0.1, 0.15) is 16.0 Å². The number of nitrogens with zero attached hydrogens (tertiary/aromatic N) is 1. The van der Waals surface area contributed by atoms with Gasteiger partial charge in [-0.05, 0) is 37.2 Å². The fraction of sp³-hybridized carbons (Fsp3) is 0.200. The van der Waals surface area contributed by atoms with Crippen LogP contribution in [0.15, 0.2) is 35.1 Å². The largest absolute Gasteiger partial charge is 0.323 e. The number of H-pyrrole nitrogens is 1. The van der Waals surface area contributed by atoms with E-state index in [1.807, 2.05) is 44.2 Å². The number of fused-ring (bicyclic) bond motifs is 1. The van der Waals surface area contributed by atoms with E-state index in [-0.39, 0.29) is 5.56 Å². The third-order valence-electron chi connectivity index (χ3n) is 3.49. The van der Waals surface area contributed by atoms with Gasteiger partial charge in [0, 0.05) is 4.88 Å². The van der Waals surface area contributed by atoms with Gasteiger partial charge in [0.15, 0.2) is 4.77 Å². The molecule has 2 heterocycles. The van der Waals surface area contributed by atoms with Gasteiger partial charge in [0.25, 0.3) is 5.56 Å². The molecule has 0 aliphatic carbocycles. The van der Waals surface area contributed by atoms with Crippen LogP contribution in [0, 0.1) is 18.6 Å². The van der Waals surface area contributed by atoms with Crippen molar-refractivity contribution in [2.24, 2.45) is 0 Å². The Morgan fingerprint density at radius 1 is 1.25 bits per heavy atom. The van der Waals surface area contributed by atoms with Crippen LogP contribution in [0.5, 0.6) is 0 Å². The second-order valence-electron chi connectivity index (χ2n) is 4.79. The van der Waals surface area contributed by atoms with Crippen molar-refractivity contribution >= 4 is 33.8 Å². The van der Waals surface area contributed by atoms with Crippen LogP contribution in [-0.4, -0.2) is 9.55 Å². The fourth-order valence-corrected chi connectivity index (χ4v) is 3.64. The molecule has 0 atom stereocenters. The van der Waals surface area contributed by atoms with Crippen molar-refractivity contribution in [3.05, 3.63) is 61.5 Å². The Morgan fingerprint density at radius 2 is 1.95 bits per heavy atom. The molecule has 0 radical (unpaired) electrons. The Morgan fingerprint density at radius 3 is 2.65 bits per heavy atom. The summed E-state index contributed by atoms with van der Waals surface area (Å²) in [6, 6.07) is 9.88. The van der Waals surface area contributed by atoms with Gasteiger partial charge in [-0.1, -0.05) is 30.3 Å². The molecule has 0 bridgehead atoms. The summed E-state index contributed by atoms with van der Waals surface area (Å²) in [4.78, 5) is 17.9. The maximum absolute atomic E-state index is 12.7. The molecule has 20 heavy (non-hydrogen) atoms. The van der Waals surface area contributed by atoms with Gasteiger partial charge >= 0.3 is 0 Å². The molecule has 0 unspecified atom stereocenters. The van der Waals surface area contributed by atoms with E-state index in [2.05, 4.69) is 4.98 Å². The molecule has 0 aliphatic rings. The van der Waals surface area contributed by atoms with Crippen LogP contribution in [0.3, 0.4) is 0 Å². The average Bonchev–Trinajstić information content (AvgIpc) is 2.71. The molecule has 1 N–H and O–H groups in total. The monoisotopic (exact) mass is 302 g/mol. The Balaban J connectivity index is 2.24. The van der Waals surface area contributed by atoms with E-state index < -0.39 is 0 Å². The molecule has 102 valence electrons. The molecule has 3 aromatic rings. The summed E-state index contributed by atoms with van der Waals surface area (Å²) < 4.78 is 2.11. The molecule has 3 rings (SSSR count). The van der Waals surface area contributed by atoms with E-state index in [0.29, 0.717) is 11.3 Å². The van der Waals surface area contributed by atoms with Crippen molar-refractivity contribution in [2.45, 2.75) is 20.4 Å². The second-order valence-corrected chi connectivity index (χ2v) is 6.41. The van der Waals surface area contributed by atoms with Crippen molar-refractivity contribution in [2.75, 3.05) is 0 Å². The Labute approximate surface area is 125 Å². The quantitative estimate of drug-likeness (QED) is 0.731. The van der Waals surface area contributed by atoms with Crippen molar-refractivity contribution in [1.82, 2.24) is 9.55 Å². The fourth-order valence-electron chi connectivity index (χ4n) is 2.27. The number of hydrogen-bond acceptors (Lipinski definition) is 3. The first-order valence-electron chi connectivity index (χ1n) is 6.34. The zero-order valence-electron chi connectivity index (χ0n) is 11.3. The zero-order valence-corrected chi connectivity index (χ0v) is 12.9. The highest BCUT2D eigenvalue weighted by atomic mass is 32.1. The van der Waals surface area contributed by atoms with E-state index in [0.717, 1.165) is 26.2 Å². The number of hydrogen-bond donors (Lipinski definition) is 1. The average molecular weight is 302 g/mol. The first kappa shape index (κ1) is 13.3. The third kappa shape index (κ3) is 2.13. The van der Waals surface area contributed by atoms with E-state index in [1.54, 1.807) is 15.9 Å². The zero-order chi connectivity index (χ0) is 14.3. The lowest BCUT2D eigenvalue weighted by Crippen LogP contribution is -2.22. The van der Waals surface area contributed by atoms with Gasteiger partial charge in [0.1, 0.15) is 4.83 Å². The highest BCUT2D eigenvalue weighted by molar-refractivity contribution is 7.71. The smallest absolute Gasteiger partial charge is 0.263 e. The van der Waals surface area contributed by atoms with Crippen LogP contribution in [-0.2, 0) is 6.54 Å². The number of nitrogens with one attached hydrogen (secondary N) is 1. The highest BCUT2D eigenvalue weighted by Gasteiger charge is 2.12. The van der Waals surface area contributed by atoms with Gasteiger partial charge < -0.3 is 4.98 Å². The summed E-state index contributed by atoms with van der Waals surface area (Å²) in [5.41, 5.74) is 2.11. The lowest BCUT2D eigenvalue weighted by molar-refractivity contribution is 0.735. The van der Waals surface area contributed by atoms with Crippen LogP contribution in [0.4, 0.5) is 0 Å². The lowest BCUT2D eigenvalue weighted by Gasteiger charge is -2.06. The maximum Gasteiger partial charge on any atom is 0.263 e. The summed E-state index contributed by atoms with van der Waals surface area (Å²) in [5, 5.41) is 0.761. The van der Waals surface area contributed by atoms with Gasteiger partial charge in [-0.3, -0.25) is 9.36 Å². The van der Waals surface area contributed by atoms with Crippen LogP contribution in [0.25, 0.3) is 10.2 Å². The molecule has 0 saturated carbocycles. The minimum atomic E-state index is -0.00514. The number of rotatable bonds is 2. The van der Waals surface area contributed by atoms with Gasteiger partial charge in [0.2, 0.25) is 0 Å². The molecule has 0 aliphatic heterocycles. The molecule has 5 heteroatoms. The molecule has 1 aromatic carbocycles. The maximum atomic E-state index is 12.7. The van der Waals surface area contributed by atoms with Crippen molar-refractivity contribution in [1.29, 1.82) is 0 Å². The Kier molecular flexibility index (Phi) is 3.31. The van der Waals surface area contributed by atoms with Crippen molar-refractivity contribution < 1.29 is 0 Å². The van der Waals surface area contributed by atoms with Gasteiger partial charge in [-0.2, -0.15) is 0 Å². The molecular weight excluding hydrogens is 288 g/mol. The first-order chi connectivity index (χ1) is 9.58. The van der Waals surface area contributed by atoms with Gasteiger partial charge in [-0.25, -0.2) is 0 Å². The van der Waals surface area contributed by atoms with E-state index in [1.165, 1.54) is 0 Å². The molecular formula is C15H14N2OS2. The van der Waals surface area contributed by atoms with E-state index in [9.17, 15) is 4.79 Å². The Hall–Kier alpha value is -1.72. The standard InChI is InChI=1S/C15H14N2OS2/c1-9-10(2)20-13-12(9)14(18)17(15(19)16-13)8-11-6-4-3-5-7-11/h3-7H,8H2,1-2H3,(H,16,19). The Bertz CT molecular complexity index is 888. The summed E-state index contributed by atoms with van der Waals surface area (Å²) in [7, 11) is 0. The van der Waals surface area contributed by atoms with Crippen LogP contribution < -0.4 is 5.56 Å². The molecule has 0 spiro atoms. The number of benzene rings is 1. The summed E-state index contributed by atoms with van der Waals surface area (Å²) in [5.74, 6) is 0. The van der Waals surface area contributed by atoms with Crippen molar-refractivity contribution in [3.8, 4) is 0 Å². The summed E-state index contributed by atoms with van der Waals surface area (Å²) in [6.45, 7) is 4.51. The number of thiophene rings is 1. The normalized spacial score (nSPS) is 11.1. The predicted octanol–water partition coefficient (Wildman–Crippen LogP) is 3.79. The minimum absolute atomic E-state index is 0.00514. The summed E-state index contributed by atoms with van der Waals surface area (Å²) in [6.07, 6.45) is 0. The topological polar surface area (TPSA) is 37.8 Å². The number of aromatic amines is 1.